The molecule has 2 aromatic rings. The van der Waals surface area contributed by atoms with Crippen molar-refractivity contribution in [3.8, 4) is 0 Å². The van der Waals surface area contributed by atoms with Gasteiger partial charge in [0.25, 0.3) is 0 Å². The smallest absolute Gasteiger partial charge is 0.161 e. The highest BCUT2D eigenvalue weighted by Gasteiger charge is 2.06. The largest absolute Gasteiger partial charge is 0.286 e. The van der Waals surface area contributed by atoms with Crippen molar-refractivity contribution in [3.05, 3.63) is 30.2 Å². The molecule has 0 aromatic carbocycles. The zero-order valence-corrected chi connectivity index (χ0v) is 7.15. The van der Waals surface area contributed by atoms with Crippen LogP contribution in [0.3, 0.4) is 0 Å². The highest BCUT2D eigenvalue weighted by atomic mass is 15.2. The lowest BCUT2D eigenvalue weighted by molar-refractivity contribution is 0.759. The van der Waals surface area contributed by atoms with Crippen molar-refractivity contribution >= 4 is 5.65 Å². The first kappa shape index (κ1) is 7.28. The van der Waals surface area contributed by atoms with E-state index >= 15 is 0 Å². The first-order valence-corrected chi connectivity index (χ1v) is 4.00. The van der Waals surface area contributed by atoms with Gasteiger partial charge in [0.05, 0.1) is 0 Å². The molecule has 0 aliphatic heterocycles. The predicted octanol–water partition coefficient (Wildman–Crippen LogP) is 1.65. The third kappa shape index (κ3) is 0.978. The Kier molecular flexibility index (Phi) is 1.57. The Labute approximate surface area is 71.1 Å². The SMILES string of the molecule is CC(C)c1nnc2c[c]ccn12. The Bertz CT molecular complexity index is 389. The van der Waals surface area contributed by atoms with Gasteiger partial charge in [-0.1, -0.05) is 13.8 Å². The van der Waals surface area contributed by atoms with Gasteiger partial charge in [-0.2, -0.15) is 0 Å². The molecule has 0 N–H and O–H groups in total. The summed E-state index contributed by atoms with van der Waals surface area (Å²) in [6.07, 6.45) is 1.94. The summed E-state index contributed by atoms with van der Waals surface area (Å²) >= 11 is 0. The van der Waals surface area contributed by atoms with Crippen LogP contribution in [0, 0.1) is 6.07 Å². The minimum atomic E-state index is 0.405. The summed E-state index contributed by atoms with van der Waals surface area (Å²) in [4.78, 5) is 0. The Balaban J connectivity index is 2.70. The van der Waals surface area contributed by atoms with Crippen molar-refractivity contribution in [2.45, 2.75) is 19.8 Å². The number of hydrogen-bond acceptors (Lipinski definition) is 2. The van der Waals surface area contributed by atoms with Gasteiger partial charge >= 0.3 is 0 Å². The second kappa shape index (κ2) is 2.59. The summed E-state index contributed by atoms with van der Waals surface area (Å²) < 4.78 is 1.99. The fraction of sp³-hybridized carbons (Fsp3) is 0.333. The summed E-state index contributed by atoms with van der Waals surface area (Å²) in [5.74, 6) is 1.40. The monoisotopic (exact) mass is 160 g/mol. The number of aromatic nitrogens is 3. The second-order valence-corrected chi connectivity index (χ2v) is 3.07. The van der Waals surface area contributed by atoms with Crippen molar-refractivity contribution in [2.24, 2.45) is 0 Å². The fourth-order valence-corrected chi connectivity index (χ4v) is 1.20. The van der Waals surface area contributed by atoms with E-state index in [1.165, 1.54) is 0 Å². The maximum absolute atomic E-state index is 4.09. The molecule has 12 heavy (non-hydrogen) atoms. The maximum atomic E-state index is 4.09. The highest BCUT2D eigenvalue weighted by molar-refractivity contribution is 5.36. The summed E-state index contributed by atoms with van der Waals surface area (Å²) in [5, 5.41) is 8.11. The number of rotatable bonds is 1. The minimum absolute atomic E-state index is 0.405. The van der Waals surface area contributed by atoms with E-state index in [4.69, 9.17) is 0 Å². The van der Waals surface area contributed by atoms with Crippen LogP contribution >= 0.6 is 0 Å². The molecular formula is C9H10N3. The molecule has 0 bridgehead atoms. The van der Waals surface area contributed by atoms with E-state index < -0.39 is 0 Å². The third-order valence-corrected chi connectivity index (χ3v) is 1.80. The summed E-state index contributed by atoms with van der Waals surface area (Å²) in [5.41, 5.74) is 0.862. The maximum Gasteiger partial charge on any atom is 0.161 e. The van der Waals surface area contributed by atoms with Gasteiger partial charge in [0.15, 0.2) is 5.65 Å². The van der Waals surface area contributed by atoms with Crippen molar-refractivity contribution < 1.29 is 0 Å². The lowest BCUT2D eigenvalue weighted by Gasteiger charge is -2.00. The van der Waals surface area contributed by atoms with Crippen molar-refractivity contribution in [3.63, 3.8) is 0 Å². The number of pyridine rings is 1. The Hall–Kier alpha value is -1.38. The standard InChI is InChI=1S/C9H10N3/c1-7(2)9-11-10-8-5-3-4-6-12(8)9/h4-7H,1-2H3. The molecule has 0 aliphatic rings. The zero-order chi connectivity index (χ0) is 8.55. The Morgan fingerprint density at radius 3 is 3.00 bits per heavy atom. The van der Waals surface area contributed by atoms with Gasteiger partial charge in [-0.05, 0) is 18.2 Å². The third-order valence-electron chi connectivity index (χ3n) is 1.80. The van der Waals surface area contributed by atoms with E-state index in [-0.39, 0.29) is 0 Å². The van der Waals surface area contributed by atoms with E-state index in [1.807, 2.05) is 22.7 Å². The molecule has 0 unspecified atom stereocenters. The van der Waals surface area contributed by atoms with E-state index in [2.05, 4.69) is 30.1 Å². The number of nitrogens with zero attached hydrogens (tertiary/aromatic N) is 3. The van der Waals surface area contributed by atoms with Gasteiger partial charge in [0.2, 0.25) is 0 Å². The first-order chi connectivity index (χ1) is 5.79. The molecule has 0 saturated heterocycles. The van der Waals surface area contributed by atoms with Crippen molar-refractivity contribution in [1.29, 1.82) is 0 Å². The molecular weight excluding hydrogens is 150 g/mol. The van der Waals surface area contributed by atoms with Crippen molar-refractivity contribution in [1.82, 2.24) is 14.6 Å². The zero-order valence-electron chi connectivity index (χ0n) is 7.15. The second-order valence-electron chi connectivity index (χ2n) is 3.07. The van der Waals surface area contributed by atoms with Crippen LogP contribution in [0.15, 0.2) is 18.3 Å². The molecule has 3 heteroatoms. The van der Waals surface area contributed by atoms with E-state index in [1.54, 1.807) is 0 Å². The van der Waals surface area contributed by atoms with E-state index in [9.17, 15) is 0 Å². The molecule has 0 spiro atoms. The molecule has 2 heterocycles. The summed E-state index contributed by atoms with van der Waals surface area (Å²) in [7, 11) is 0. The van der Waals surface area contributed by atoms with Gasteiger partial charge in [-0.3, -0.25) is 4.40 Å². The number of hydrogen-bond donors (Lipinski definition) is 0. The van der Waals surface area contributed by atoms with Gasteiger partial charge in [-0.25, -0.2) is 0 Å². The fourth-order valence-electron chi connectivity index (χ4n) is 1.20. The predicted molar refractivity (Wildman–Crippen MR) is 45.9 cm³/mol. The molecule has 0 amide bonds. The van der Waals surface area contributed by atoms with Crippen LogP contribution in [0.1, 0.15) is 25.6 Å². The van der Waals surface area contributed by atoms with E-state index in [0.717, 1.165) is 11.5 Å². The molecule has 2 aromatic heterocycles. The number of fused-ring (bicyclic) bond motifs is 1. The molecule has 0 fully saturated rings. The Morgan fingerprint density at radius 1 is 1.42 bits per heavy atom. The van der Waals surface area contributed by atoms with Gasteiger partial charge in [0.1, 0.15) is 5.82 Å². The van der Waals surface area contributed by atoms with Gasteiger partial charge < -0.3 is 0 Å². The van der Waals surface area contributed by atoms with Crippen LogP contribution in [0.2, 0.25) is 0 Å². The summed E-state index contributed by atoms with van der Waals surface area (Å²) in [6, 6.07) is 6.66. The first-order valence-electron chi connectivity index (χ1n) is 4.00. The van der Waals surface area contributed by atoms with E-state index in [0.29, 0.717) is 5.92 Å². The highest BCUT2D eigenvalue weighted by Crippen LogP contribution is 2.12. The Morgan fingerprint density at radius 2 is 2.25 bits per heavy atom. The molecule has 0 saturated carbocycles. The molecule has 61 valence electrons. The molecule has 3 nitrogen and oxygen atoms in total. The van der Waals surface area contributed by atoms with Crippen molar-refractivity contribution in [2.75, 3.05) is 0 Å². The average molecular weight is 160 g/mol. The molecule has 0 atom stereocenters. The van der Waals surface area contributed by atoms with Gasteiger partial charge in [0, 0.05) is 12.1 Å². The topological polar surface area (TPSA) is 30.2 Å². The van der Waals surface area contributed by atoms with Crippen LogP contribution < -0.4 is 0 Å². The quantitative estimate of drug-likeness (QED) is 0.635. The van der Waals surface area contributed by atoms with Crippen LogP contribution in [0.5, 0.6) is 0 Å². The molecule has 1 radical (unpaired) electrons. The van der Waals surface area contributed by atoms with Crippen LogP contribution in [-0.2, 0) is 0 Å². The minimum Gasteiger partial charge on any atom is -0.286 e. The lowest BCUT2D eigenvalue weighted by Crippen LogP contribution is -1.95. The summed E-state index contributed by atoms with van der Waals surface area (Å²) in [6.45, 7) is 4.21. The molecule has 2 rings (SSSR count). The lowest BCUT2D eigenvalue weighted by atomic mass is 10.2. The van der Waals surface area contributed by atoms with Crippen LogP contribution in [0.25, 0.3) is 5.65 Å². The normalized spacial score (nSPS) is 11.2. The van der Waals surface area contributed by atoms with Crippen LogP contribution in [0.4, 0.5) is 0 Å². The average Bonchev–Trinajstić information content (AvgIpc) is 2.47. The van der Waals surface area contributed by atoms with Crippen LogP contribution in [-0.4, -0.2) is 14.6 Å². The van der Waals surface area contributed by atoms with Gasteiger partial charge in [-0.15, -0.1) is 10.2 Å². The molecule has 0 aliphatic carbocycles.